The van der Waals surface area contributed by atoms with Crippen LogP contribution < -0.4 is 10.6 Å². The Bertz CT molecular complexity index is 1050. The lowest BCUT2D eigenvalue weighted by molar-refractivity contribution is -0.141. The van der Waals surface area contributed by atoms with Crippen LogP contribution in [0.3, 0.4) is 0 Å². The van der Waals surface area contributed by atoms with Crippen LogP contribution in [0.1, 0.15) is 57.1 Å². The number of carbonyl (C=O) groups is 3. The minimum Gasteiger partial charge on any atom is -0.481 e. The molecule has 0 aromatic heterocycles. The van der Waals surface area contributed by atoms with Crippen LogP contribution >= 0.6 is 0 Å². The fraction of sp³-hybridized carbons (Fsp3) is 0.393. The highest BCUT2D eigenvalue weighted by atomic mass is 16.5. The zero-order valence-electron chi connectivity index (χ0n) is 20.5. The molecule has 3 rings (SSSR count). The standard InChI is InChI=1S/C28H34N2O5/c1-18(26(31)30-20(3)10-8-9-19(2)27(32)33)15-16-29-28(34)35-17-25-23-13-6-4-11-21(23)22-12-5-7-14-24(22)25/h4-7,11-15,19-20,25H,8-10,16-17H2,1-3H3,(H,29,34)(H,30,31)(H,32,33)/b18-15+. The Hall–Kier alpha value is -3.61. The van der Waals surface area contributed by atoms with Crippen LogP contribution in [0, 0.1) is 5.92 Å². The molecule has 35 heavy (non-hydrogen) atoms. The average Bonchev–Trinajstić information content (AvgIpc) is 3.16. The first-order valence-corrected chi connectivity index (χ1v) is 12.1. The van der Waals surface area contributed by atoms with Crippen LogP contribution in [0.25, 0.3) is 11.1 Å². The third-order valence-electron chi connectivity index (χ3n) is 6.43. The molecule has 0 fully saturated rings. The fourth-order valence-corrected chi connectivity index (χ4v) is 4.29. The molecule has 0 aliphatic heterocycles. The number of hydrogen-bond acceptors (Lipinski definition) is 4. The van der Waals surface area contributed by atoms with Crippen LogP contribution in [0.2, 0.25) is 0 Å². The minimum atomic E-state index is -0.802. The number of nitrogens with one attached hydrogen (secondary N) is 2. The number of ether oxygens (including phenoxy) is 1. The molecule has 0 spiro atoms. The molecular formula is C28H34N2O5. The van der Waals surface area contributed by atoms with E-state index in [-0.39, 0.29) is 36.9 Å². The van der Waals surface area contributed by atoms with E-state index in [0.29, 0.717) is 18.4 Å². The Kier molecular flexibility index (Phi) is 9.06. The Morgan fingerprint density at radius 3 is 2.20 bits per heavy atom. The molecule has 2 unspecified atom stereocenters. The second-order valence-electron chi connectivity index (χ2n) is 9.14. The molecule has 7 heteroatoms. The molecule has 0 radical (unpaired) electrons. The first-order valence-electron chi connectivity index (χ1n) is 12.1. The summed E-state index contributed by atoms with van der Waals surface area (Å²) < 4.78 is 5.51. The molecule has 2 aromatic carbocycles. The van der Waals surface area contributed by atoms with Crippen LogP contribution in [0.5, 0.6) is 0 Å². The third-order valence-corrected chi connectivity index (χ3v) is 6.43. The number of hydrogen-bond donors (Lipinski definition) is 3. The summed E-state index contributed by atoms with van der Waals surface area (Å²) in [4.78, 5) is 35.5. The SMILES string of the molecule is C/C(=C\CNC(=O)OCC1c2ccccc2-c2ccccc21)C(=O)NC(C)CCCC(C)C(=O)O. The first-order chi connectivity index (χ1) is 16.8. The molecule has 2 aromatic rings. The first kappa shape index (κ1) is 26.0. The van der Waals surface area contributed by atoms with Crippen molar-refractivity contribution in [2.45, 2.75) is 52.0 Å². The Morgan fingerprint density at radius 2 is 1.60 bits per heavy atom. The fourth-order valence-electron chi connectivity index (χ4n) is 4.29. The van der Waals surface area contributed by atoms with Crippen LogP contribution in [-0.4, -0.2) is 42.3 Å². The van der Waals surface area contributed by atoms with Gasteiger partial charge >= 0.3 is 12.1 Å². The zero-order valence-corrected chi connectivity index (χ0v) is 20.5. The Labute approximate surface area is 206 Å². The van der Waals surface area contributed by atoms with Gasteiger partial charge in [-0.25, -0.2) is 4.79 Å². The van der Waals surface area contributed by atoms with Crippen molar-refractivity contribution in [2.24, 2.45) is 5.92 Å². The highest BCUT2D eigenvalue weighted by Crippen LogP contribution is 2.44. The van der Waals surface area contributed by atoms with Gasteiger partial charge in [0.2, 0.25) is 5.91 Å². The third kappa shape index (κ3) is 6.94. The van der Waals surface area contributed by atoms with Gasteiger partial charge < -0.3 is 20.5 Å². The topological polar surface area (TPSA) is 105 Å². The summed E-state index contributed by atoms with van der Waals surface area (Å²) in [7, 11) is 0. The smallest absolute Gasteiger partial charge is 0.407 e. The van der Waals surface area contributed by atoms with Crippen molar-refractivity contribution in [1.29, 1.82) is 0 Å². The molecule has 2 amide bonds. The number of rotatable bonds is 11. The summed E-state index contributed by atoms with van der Waals surface area (Å²) in [6.07, 6.45) is 3.12. The largest absolute Gasteiger partial charge is 0.481 e. The molecule has 186 valence electrons. The summed E-state index contributed by atoms with van der Waals surface area (Å²) in [6, 6.07) is 16.3. The quantitative estimate of drug-likeness (QED) is 0.400. The van der Waals surface area contributed by atoms with Crippen molar-refractivity contribution in [3.63, 3.8) is 0 Å². The van der Waals surface area contributed by atoms with E-state index in [0.717, 1.165) is 17.5 Å². The van der Waals surface area contributed by atoms with Crippen LogP contribution in [-0.2, 0) is 14.3 Å². The molecule has 7 nitrogen and oxygen atoms in total. The van der Waals surface area contributed by atoms with E-state index < -0.39 is 12.1 Å². The lowest BCUT2D eigenvalue weighted by Crippen LogP contribution is -2.33. The van der Waals surface area contributed by atoms with Crippen molar-refractivity contribution in [3.8, 4) is 11.1 Å². The van der Waals surface area contributed by atoms with Gasteiger partial charge in [-0.15, -0.1) is 0 Å². The van der Waals surface area contributed by atoms with Gasteiger partial charge in [-0.2, -0.15) is 0 Å². The lowest BCUT2D eigenvalue weighted by Gasteiger charge is -2.15. The molecule has 0 saturated heterocycles. The van der Waals surface area contributed by atoms with Crippen molar-refractivity contribution in [3.05, 3.63) is 71.3 Å². The zero-order chi connectivity index (χ0) is 25.4. The number of carboxylic acids is 1. The van der Waals surface area contributed by atoms with E-state index in [1.165, 1.54) is 11.1 Å². The number of fused-ring (bicyclic) bond motifs is 3. The van der Waals surface area contributed by atoms with Gasteiger partial charge in [0.15, 0.2) is 0 Å². The van der Waals surface area contributed by atoms with Gasteiger partial charge in [0, 0.05) is 24.1 Å². The van der Waals surface area contributed by atoms with Gasteiger partial charge in [-0.1, -0.05) is 68.0 Å². The highest BCUT2D eigenvalue weighted by molar-refractivity contribution is 5.93. The molecule has 0 saturated carbocycles. The molecule has 1 aliphatic rings. The summed E-state index contributed by atoms with van der Waals surface area (Å²) in [5.74, 6) is -1.40. The normalized spacial score (nSPS) is 14.4. The lowest BCUT2D eigenvalue weighted by atomic mass is 9.98. The van der Waals surface area contributed by atoms with Crippen molar-refractivity contribution >= 4 is 18.0 Å². The van der Waals surface area contributed by atoms with Crippen molar-refractivity contribution in [1.82, 2.24) is 10.6 Å². The van der Waals surface area contributed by atoms with E-state index in [1.807, 2.05) is 31.2 Å². The maximum absolute atomic E-state index is 12.4. The second kappa shape index (κ2) is 12.2. The highest BCUT2D eigenvalue weighted by Gasteiger charge is 2.28. The van der Waals surface area contributed by atoms with E-state index >= 15 is 0 Å². The average molecular weight is 479 g/mol. The van der Waals surface area contributed by atoms with Gasteiger partial charge in [0.1, 0.15) is 6.61 Å². The van der Waals surface area contributed by atoms with Crippen LogP contribution in [0.4, 0.5) is 4.79 Å². The van der Waals surface area contributed by atoms with Crippen LogP contribution in [0.15, 0.2) is 60.2 Å². The maximum Gasteiger partial charge on any atom is 0.407 e. The van der Waals surface area contributed by atoms with E-state index in [2.05, 4.69) is 34.9 Å². The summed E-state index contributed by atoms with van der Waals surface area (Å²) >= 11 is 0. The molecule has 3 N–H and O–H groups in total. The number of aliphatic carboxylic acids is 1. The predicted octanol–water partition coefficient (Wildman–Crippen LogP) is 4.87. The number of amides is 2. The van der Waals surface area contributed by atoms with E-state index in [1.54, 1.807) is 19.9 Å². The summed E-state index contributed by atoms with van der Waals surface area (Å²) in [5, 5.41) is 14.5. The maximum atomic E-state index is 12.4. The van der Waals surface area contributed by atoms with E-state index in [9.17, 15) is 14.4 Å². The minimum absolute atomic E-state index is 0.00354. The molecular weight excluding hydrogens is 444 g/mol. The number of carboxylic acid groups (broad SMARTS) is 1. The van der Waals surface area contributed by atoms with Crippen molar-refractivity contribution in [2.75, 3.05) is 13.2 Å². The molecule has 0 bridgehead atoms. The Morgan fingerprint density at radius 1 is 1.00 bits per heavy atom. The monoisotopic (exact) mass is 478 g/mol. The number of benzene rings is 2. The molecule has 0 heterocycles. The summed E-state index contributed by atoms with van der Waals surface area (Å²) in [5.41, 5.74) is 5.15. The Balaban J connectivity index is 1.42. The molecule has 1 aliphatic carbocycles. The van der Waals surface area contributed by atoms with Gasteiger partial charge in [-0.3, -0.25) is 9.59 Å². The number of alkyl carbamates (subject to hydrolysis) is 1. The van der Waals surface area contributed by atoms with Gasteiger partial charge in [-0.05, 0) is 48.9 Å². The second-order valence-corrected chi connectivity index (χ2v) is 9.14. The van der Waals surface area contributed by atoms with Crippen molar-refractivity contribution < 1.29 is 24.2 Å². The predicted molar refractivity (Wildman–Crippen MR) is 135 cm³/mol. The number of carbonyl (C=O) groups excluding carboxylic acids is 2. The van der Waals surface area contributed by atoms with Gasteiger partial charge in [0.25, 0.3) is 0 Å². The van der Waals surface area contributed by atoms with E-state index in [4.69, 9.17) is 9.84 Å². The molecule has 2 atom stereocenters. The summed E-state index contributed by atoms with van der Waals surface area (Å²) in [6.45, 7) is 5.68. The van der Waals surface area contributed by atoms with Gasteiger partial charge in [0.05, 0.1) is 5.92 Å².